The number of benzene rings is 8. The predicted molar refractivity (Wildman–Crippen MR) is 288 cm³/mol. The normalized spacial score (nSPS) is 12.9. The number of para-hydroxylation sites is 4. The van der Waals surface area contributed by atoms with Gasteiger partial charge < -0.3 is 4.90 Å². The number of pyridine rings is 2. The lowest BCUT2D eigenvalue weighted by Gasteiger charge is -2.44. The Morgan fingerprint density at radius 2 is 0.958 bits per heavy atom. The first-order valence-electron chi connectivity index (χ1n) is 24.0. The highest BCUT2D eigenvalue weighted by Gasteiger charge is 2.51. The summed E-state index contributed by atoms with van der Waals surface area (Å²) in [6.45, 7) is 2.03. The first kappa shape index (κ1) is 40.6. The van der Waals surface area contributed by atoms with E-state index < -0.39 is 5.41 Å². The third kappa shape index (κ3) is 6.23. The number of aromatic nitrogens is 5. The third-order valence-electron chi connectivity index (χ3n) is 14.5. The Labute approximate surface area is 411 Å². The summed E-state index contributed by atoms with van der Waals surface area (Å²) in [7, 11) is 0. The number of hydrogen-bond acceptors (Lipinski definition) is 6. The van der Waals surface area contributed by atoms with Crippen LogP contribution in [0.2, 0.25) is 0 Å². The Hall–Kier alpha value is -9.46. The van der Waals surface area contributed by atoms with Crippen molar-refractivity contribution in [1.29, 1.82) is 0 Å². The van der Waals surface area contributed by atoms with Gasteiger partial charge in [-0.2, -0.15) is 0 Å². The first-order valence-corrected chi connectivity index (χ1v) is 24.0. The number of anilines is 6. The second-order valence-electron chi connectivity index (χ2n) is 18.3. The van der Waals surface area contributed by atoms with Crippen molar-refractivity contribution in [2.24, 2.45) is 0 Å². The molecule has 4 aromatic heterocycles. The summed E-state index contributed by atoms with van der Waals surface area (Å²) >= 11 is 0. The van der Waals surface area contributed by atoms with Crippen molar-refractivity contribution in [1.82, 2.24) is 24.5 Å². The predicted octanol–water partition coefficient (Wildman–Crippen LogP) is 15.6. The van der Waals surface area contributed by atoms with Gasteiger partial charge in [0.05, 0.1) is 45.4 Å². The molecule has 14 rings (SSSR count). The van der Waals surface area contributed by atoms with Crippen LogP contribution in [-0.2, 0) is 5.41 Å². The Morgan fingerprint density at radius 1 is 0.423 bits per heavy atom. The molecule has 5 heterocycles. The Balaban J connectivity index is 1.04. The molecule has 2 aliphatic rings. The van der Waals surface area contributed by atoms with E-state index in [1.165, 1.54) is 44.2 Å². The zero-order valence-electron chi connectivity index (χ0n) is 38.7. The number of fused-ring (bicyclic) bond motifs is 12. The maximum atomic E-state index is 5.83. The molecule has 0 amide bonds. The number of hydrogen-bond donors (Lipinski definition) is 0. The lowest BCUT2D eigenvalue weighted by atomic mass is 9.65. The zero-order chi connectivity index (χ0) is 47.0. The van der Waals surface area contributed by atoms with Crippen LogP contribution < -0.4 is 9.80 Å². The molecule has 1 spiro atoms. The van der Waals surface area contributed by atoms with Gasteiger partial charge in [0.25, 0.3) is 0 Å². The molecular weight excluding hydrogens is 867 g/mol. The van der Waals surface area contributed by atoms with Crippen molar-refractivity contribution in [2.75, 3.05) is 9.80 Å². The first-order chi connectivity index (χ1) is 35.1. The van der Waals surface area contributed by atoms with Crippen molar-refractivity contribution in [3.63, 3.8) is 0 Å². The SMILES string of the molecule is Cc1cc(-c2ccc(N(c3ccc(-c4cnccn4)cc3)c3cc(N4c5ccccc5C5(c6ccccc6-c6ccccc65)c5ccccc54)nc(-n4c5ccccc5c5ccccc54)c3)cc2)ccn1. The highest BCUT2D eigenvalue weighted by Crippen LogP contribution is 2.63. The van der Waals surface area contributed by atoms with E-state index in [-0.39, 0.29) is 0 Å². The molecule has 71 heavy (non-hydrogen) atoms. The maximum Gasteiger partial charge on any atom is 0.142 e. The molecule has 0 N–H and O–H groups in total. The fraction of sp³-hybridized carbons (Fsp3) is 0.0312. The summed E-state index contributed by atoms with van der Waals surface area (Å²) in [4.78, 5) is 24.0. The topological polar surface area (TPSA) is 63.0 Å². The van der Waals surface area contributed by atoms with E-state index in [2.05, 4.69) is 248 Å². The Morgan fingerprint density at radius 3 is 1.55 bits per heavy atom. The van der Waals surface area contributed by atoms with Gasteiger partial charge in [-0.3, -0.25) is 24.4 Å². The molecule has 8 aromatic carbocycles. The van der Waals surface area contributed by atoms with Crippen LogP contribution in [0, 0.1) is 6.92 Å². The summed E-state index contributed by atoms with van der Waals surface area (Å²) in [6.07, 6.45) is 7.12. The highest BCUT2D eigenvalue weighted by molar-refractivity contribution is 6.09. The van der Waals surface area contributed by atoms with Crippen molar-refractivity contribution in [3.05, 3.63) is 271 Å². The molecule has 0 fully saturated rings. The molecule has 0 bridgehead atoms. The van der Waals surface area contributed by atoms with E-state index in [1.807, 2.05) is 13.1 Å². The van der Waals surface area contributed by atoms with E-state index >= 15 is 0 Å². The molecule has 12 aromatic rings. The minimum atomic E-state index is -0.559. The Kier molecular flexibility index (Phi) is 9.19. The highest BCUT2D eigenvalue weighted by atomic mass is 15.2. The minimum absolute atomic E-state index is 0.559. The fourth-order valence-corrected chi connectivity index (χ4v) is 11.5. The number of aryl methyl sites for hydroxylation is 1. The quantitative estimate of drug-likeness (QED) is 0.159. The molecular formula is C64H43N7. The van der Waals surface area contributed by atoms with Crippen LogP contribution in [0.3, 0.4) is 0 Å². The summed E-state index contributed by atoms with van der Waals surface area (Å²) in [5, 5.41) is 2.34. The van der Waals surface area contributed by atoms with Crippen LogP contribution in [-0.4, -0.2) is 24.5 Å². The molecule has 0 radical (unpaired) electrons. The van der Waals surface area contributed by atoms with Crippen LogP contribution in [0.15, 0.2) is 243 Å². The van der Waals surface area contributed by atoms with E-state index in [4.69, 9.17) is 4.98 Å². The summed E-state index contributed by atoms with van der Waals surface area (Å²) in [5.74, 6) is 1.59. The molecule has 1 aliphatic carbocycles. The van der Waals surface area contributed by atoms with Gasteiger partial charge in [0.1, 0.15) is 11.6 Å². The zero-order valence-corrected chi connectivity index (χ0v) is 38.7. The molecule has 0 saturated carbocycles. The lowest BCUT2D eigenvalue weighted by Crippen LogP contribution is -2.36. The van der Waals surface area contributed by atoms with Crippen molar-refractivity contribution in [3.8, 4) is 39.3 Å². The Bertz CT molecular complexity index is 3880. The summed E-state index contributed by atoms with van der Waals surface area (Å²) < 4.78 is 2.33. The monoisotopic (exact) mass is 909 g/mol. The second kappa shape index (κ2) is 16.1. The van der Waals surface area contributed by atoms with E-state index in [9.17, 15) is 0 Å². The van der Waals surface area contributed by atoms with Gasteiger partial charge >= 0.3 is 0 Å². The molecule has 7 heteroatoms. The van der Waals surface area contributed by atoms with Crippen LogP contribution in [0.4, 0.5) is 34.3 Å². The largest absolute Gasteiger partial charge is 0.310 e. The van der Waals surface area contributed by atoms with Crippen LogP contribution >= 0.6 is 0 Å². The number of nitrogens with zero attached hydrogens (tertiary/aromatic N) is 7. The van der Waals surface area contributed by atoms with Crippen molar-refractivity contribution < 1.29 is 0 Å². The fourth-order valence-electron chi connectivity index (χ4n) is 11.5. The van der Waals surface area contributed by atoms with E-state index in [0.29, 0.717) is 0 Å². The van der Waals surface area contributed by atoms with Crippen LogP contribution in [0.1, 0.15) is 27.9 Å². The average Bonchev–Trinajstić information content (AvgIpc) is 3.93. The minimum Gasteiger partial charge on any atom is -0.310 e. The lowest BCUT2D eigenvalue weighted by molar-refractivity contribution is 0.751. The van der Waals surface area contributed by atoms with Gasteiger partial charge in [-0.05, 0) is 112 Å². The van der Waals surface area contributed by atoms with Gasteiger partial charge in [-0.15, -0.1) is 0 Å². The average molecular weight is 910 g/mol. The third-order valence-corrected chi connectivity index (χ3v) is 14.5. The van der Waals surface area contributed by atoms with Gasteiger partial charge in [-0.1, -0.05) is 146 Å². The maximum absolute atomic E-state index is 5.83. The van der Waals surface area contributed by atoms with Gasteiger partial charge in [0, 0.05) is 64.1 Å². The van der Waals surface area contributed by atoms with Crippen LogP contribution in [0.5, 0.6) is 0 Å². The smallest absolute Gasteiger partial charge is 0.142 e. The van der Waals surface area contributed by atoms with Crippen LogP contribution in [0.25, 0.3) is 61.1 Å². The molecule has 334 valence electrons. The van der Waals surface area contributed by atoms with Crippen molar-refractivity contribution in [2.45, 2.75) is 12.3 Å². The molecule has 7 nitrogen and oxygen atoms in total. The summed E-state index contributed by atoms with van der Waals surface area (Å²) in [5.41, 5.74) is 19.2. The second-order valence-corrected chi connectivity index (χ2v) is 18.3. The standard InChI is InChI=1S/C64H43N7/c1-42-38-45(34-35-66-42)43-26-30-46(31-27-43)69(47-32-28-44(29-33-47)57-41-65-36-37-67-57)48-39-62(70-58-22-10-4-16-51(58)52-17-5-11-23-59(52)70)68-63(40-48)71-60-24-12-8-20-55(60)64(56-21-9-13-25-61(56)71)53-18-6-2-14-49(53)50-15-3-7-19-54(50)64/h2-41H,1H3. The number of rotatable bonds is 7. The van der Waals surface area contributed by atoms with E-state index in [1.54, 1.807) is 18.6 Å². The summed E-state index contributed by atoms with van der Waals surface area (Å²) in [6, 6.07) is 79.3. The molecule has 1 aliphatic heterocycles. The van der Waals surface area contributed by atoms with Gasteiger partial charge in [0.2, 0.25) is 0 Å². The molecule has 0 saturated heterocycles. The molecule has 0 unspecified atom stereocenters. The van der Waals surface area contributed by atoms with Gasteiger partial charge in [0.15, 0.2) is 0 Å². The van der Waals surface area contributed by atoms with Crippen molar-refractivity contribution >= 4 is 56.1 Å². The van der Waals surface area contributed by atoms with E-state index in [0.717, 1.165) is 79.2 Å². The van der Waals surface area contributed by atoms with Gasteiger partial charge in [-0.25, -0.2) is 4.98 Å². The molecule has 0 atom stereocenters.